The molecule has 0 bridgehead atoms. The second-order valence-electron chi connectivity index (χ2n) is 11.1. The van der Waals surface area contributed by atoms with Crippen molar-refractivity contribution >= 4 is 35.1 Å². The molecule has 3 heterocycles. The number of aliphatic hydroxyl groups excluding tert-OH is 3. The summed E-state index contributed by atoms with van der Waals surface area (Å²) in [5, 5.41) is 28.9. The molecule has 3 aliphatic heterocycles. The maximum atomic E-state index is 11.5. The van der Waals surface area contributed by atoms with Crippen LogP contribution in [0, 0.1) is 0 Å². The number of aliphatic hydroxyl groups is 3. The minimum absolute atomic E-state index is 0. The number of amides is 3. The Bertz CT molecular complexity index is 1100. The van der Waals surface area contributed by atoms with Crippen molar-refractivity contribution in [3.8, 4) is 0 Å². The standard InChI is InChI=1S/3C9H13NO3.Fe/c3*1-5(11)6-7(12)9(2,3)10(4)8(6)13;/h3*12H,1-4H3;. The van der Waals surface area contributed by atoms with Crippen LogP contribution in [0.15, 0.2) is 34.0 Å². The predicted octanol–water partition coefficient (Wildman–Crippen LogP) is 1.91. The Morgan fingerprint density at radius 1 is 0.500 bits per heavy atom. The molecule has 0 fully saturated rings. The first-order valence-corrected chi connectivity index (χ1v) is 12.1. The van der Waals surface area contributed by atoms with E-state index in [0.29, 0.717) is 0 Å². The first-order valence-electron chi connectivity index (χ1n) is 12.1. The third-order valence-electron chi connectivity index (χ3n) is 7.58. The van der Waals surface area contributed by atoms with Gasteiger partial charge in [0.05, 0.1) is 16.6 Å². The van der Waals surface area contributed by atoms with E-state index in [1.54, 1.807) is 62.7 Å². The smallest absolute Gasteiger partial charge is 0.261 e. The summed E-state index contributed by atoms with van der Waals surface area (Å²) in [5.41, 5.74) is -2.57. The molecule has 3 rings (SSSR count). The summed E-state index contributed by atoms with van der Waals surface area (Å²) in [5.74, 6) is -2.78. The van der Waals surface area contributed by atoms with Crippen molar-refractivity contribution in [2.75, 3.05) is 21.1 Å². The number of likely N-dealkylation sites (N-methyl/N-ethyl adjacent to an activating group) is 3. The Hall–Kier alpha value is -3.44. The van der Waals surface area contributed by atoms with Gasteiger partial charge < -0.3 is 30.0 Å². The topological polar surface area (TPSA) is 173 Å². The molecule has 3 N–H and O–H groups in total. The van der Waals surface area contributed by atoms with Crippen molar-refractivity contribution in [1.29, 1.82) is 0 Å². The summed E-state index contributed by atoms with van der Waals surface area (Å²) in [6.07, 6.45) is 0. The maximum absolute atomic E-state index is 11.5. The van der Waals surface area contributed by atoms with Crippen molar-refractivity contribution < 1.29 is 61.2 Å². The van der Waals surface area contributed by atoms with Crippen LogP contribution in [0.4, 0.5) is 0 Å². The van der Waals surface area contributed by atoms with Crippen LogP contribution >= 0.6 is 0 Å². The van der Waals surface area contributed by atoms with Crippen molar-refractivity contribution in [3.63, 3.8) is 0 Å². The van der Waals surface area contributed by atoms with Gasteiger partial charge in [-0.25, -0.2) is 0 Å². The Balaban J connectivity index is 0.000000563. The van der Waals surface area contributed by atoms with Gasteiger partial charge in [0, 0.05) is 38.2 Å². The molecule has 12 nitrogen and oxygen atoms in total. The van der Waals surface area contributed by atoms with E-state index in [2.05, 4.69) is 0 Å². The second-order valence-corrected chi connectivity index (χ2v) is 11.1. The zero-order valence-electron chi connectivity index (χ0n) is 25.0. The minimum atomic E-state index is -0.766. The molecule has 0 aliphatic carbocycles. The minimum Gasteiger partial charge on any atom is -0.509 e. The quantitative estimate of drug-likeness (QED) is 0.321. The van der Waals surface area contributed by atoms with Crippen LogP contribution in [0.5, 0.6) is 0 Å². The van der Waals surface area contributed by atoms with Crippen molar-refractivity contribution in [2.24, 2.45) is 0 Å². The van der Waals surface area contributed by atoms with Gasteiger partial charge in [0.2, 0.25) is 0 Å². The molecule has 0 spiro atoms. The van der Waals surface area contributed by atoms with Crippen molar-refractivity contribution in [2.45, 2.75) is 78.9 Å². The molecule has 0 aromatic rings. The average molecular weight is 605 g/mol. The van der Waals surface area contributed by atoms with Gasteiger partial charge in [-0.15, -0.1) is 0 Å². The molecule has 3 aliphatic rings. The molecule has 0 radical (unpaired) electrons. The first-order chi connectivity index (χ1) is 17.4. The largest absolute Gasteiger partial charge is 0.509 e. The van der Waals surface area contributed by atoms with Crippen LogP contribution in [-0.4, -0.2) is 103 Å². The Labute approximate surface area is 244 Å². The number of hydrogen-bond acceptors (Lipinski definition) is 9. The monoisotopic (exact) mass is 605 g/mol. The first kappa shape index (κ1) is 36.6. The van der Waals surface area contributed by atoms with Crippen LogP contribution in [0.2, 0.25) is 0 Å². The van der Waals surface area contributed by atoms with Gasteiger partial charge in [-0.1, -0.05) is 0 Å². The fourth-order valence-corrected chi connectivity index (χ4v) is 3.91. The summed E-state index contributed by atoms with van der Waals surface area (Å²) in [6, 6.07) is 0. The number of rotatable bonds is 3. The van der Waals surface area contributed by atoms with Crippen LogP contribution in [-0.2, 0) is 45.8 Å². The van der Waals surface area contributed by atoms with E-state index >= 15 is 0 Å². The number of ketones is 3. The fourth-order valence-electron chi connectivity index (χ4n) is 3.91. The second kappa shape index (κ2) is 12.0. The molecule has 13 heteroatoms. The summed E-state index contributed by atoms with van der Waals surface area (Å²) in [6.45, 7) is 14.0. The van der Waals surface area contributed by atoms with Crippen LogP contribution in [0.3, 0.4) is 0 Å². The zero-order valence-corrected chi connectivity index (χ0v) is 26.1. The van der Waals surface area contributed by atoms with E-state index in [1.807, 2.05) is 0 Å². The number of carbonyl (C=O) groups is 6. The van der Waals surface area contributed by atoms with Gasteiger partial charge >= 0.3 is 0 Å². The van der Waals surface area contributed by atoms with Gasteiger partial charge in [0.1, 0.15) is 34.0 Å². The Morgan fingerprint density at radius 2 is 0.650 bits per heavy atom. The van der Waals surface area contributed by atoms with Crippen LogP contribution in [0.25, 0.3) is 0 Å². The number of nitrogens with zero attached hydrogens (tertiary/aromatic N) is 3. The third kappa shape index (κ3) is 6.00. The van der Waals surface area contributed by atoms with E-state index in [1.165, 1.54) is 35.5 Å². The van der Waals surface area contributed by atoms with E-state index in [-0.39, 0.29) is 68.4 Å². The maximum Gasteiger partial charge on any atom is 0.261 e. The molecule has 0 atom stereocenters. The van der Waals surface area contributed by atoms with Crippen molar-refractivity contribution in [1.82, 2.24) is 14.7 Å². The van der Waals surface area contributed by atoms with E-state index < -0.39 is 34.3 Å². The Morgan fingerprint density at radius 3 is 0.700 bits per heavy atom. The fraction of sp³-hybridized carbons (Fsp3) is 0.556. The number of Topliss-reactive ketones (excluding diaryl/α,β-unsaturated/α-hetero) is 3. The van der Waals surface area contributed by atoms with E-state index in [4.69, 9.17) is 0 Å². The summed E-state index contributed by atoms with van der Waals surface area (Å²) < 4.78 is 0. The summed E-state index contributed by atoms with van der Waals surface area (Å²) in [7, 11) is 4.69. The Kier molecular flexibility index (Phi) is 10.9. The van der Waals surface area contributed by atoms with Gasteiger partial charge in [-0.2, -0.15) is 0 Å². The zero-order chi connectivity index (χ0) is 31.2. The number of carbonyl (C=O) groups excluding carboxylic acids is 6. The van der Waals surface area contributed by atoms with Crippen molar-refractivity contribution in [3.05, 3.63) is 34.0 Å². The molecular weight excluding hydrogens is 566 g/mol. The van der Waals surface area contributed by atoms with Crippen LogP contribution < -0.4 is 0 Å². The van der Waals surface area contributed by atoms with E-state index in [9.17, 15) is 44.1 Å². The molecule has 0 unspecified atom stereocenters. The van der Waals surface area contributed by atoms with Crippen LogP contribution in [0.1, 0.15) is 62.3 Å². The van der Waals surface area contributed by atoms with Gasteiger partial charge in [0.25, 0.3) is 17.7 Å². The molecule has 3 amide bonds. The summed E-state index contributed by atoms with van der Waals surface area (Å²) >= 11 is 0. The molecule has 0 saturated carbocycles. The third-order valence-corrected chi connectivity index (χ3v) is 7.58. The van der Waals surface area contributed by atoms with Gasteiger partial charge in [-0.05, 0) is 62.3 Å². The molecule has 224 valence electrons. The number of hydrogen-bond donors (Lipinski definition) is 3. The van der Waals surface area contributed by atoms with Gasteiger partial charge in [0.15, 0.2) is 17.3 Å². The normalized spacial score (nSPS) is 20.7. The molecule has 0 aromatic heterocycles. The molecule has 0 saturated heterocycles. The van der Waals surface area contributed by atoms with E-state index in [0.717, 1.165) is 0 Å². The molecule has 0 aromatic carbocycles. The predicted molar refractivity (Wildman–Crippen MR) is 142 cm³/mol. The molecular formula is C27H39FeN3O9. The summed E-state index contributed by atoms with van der Waals surface area (Å²) in [4.78, 5) is 71.6. The average Bonchev–Trinajstić information content (AvgIpc) is 3.14. The SMILES string of the molecule is CC(=O)C1=C(O)C(C)(C)N(C)C1=O.CC(=O)C1=C(O)C(C)(C)N(C)C1=O.CC(=O)C1=C(O)C(C)(C)N(C)C1=O.[Fe]. The molecule has 40 heavy (non-hydrogen) atoms. The van der Waals surface area contributed by atoms with Gasteiger partial charge in [-0.3, -0.25) is 28.8 Å².